The number of rotatable bonds is 3. The maximum absolute atomic E-state index is 5.97. The molecule has 0 spiro atoms. The van der Waals surface area contributed by atoms with Gasteiger partial charge < -0.3 is 15.0 Å². The van der Waals surface area contributed by atoms with E-state index in [1.165, 1.54) is 23.5 Å². The normalized spacial score (nSPS) is 22.0. The van der Waals surface area contributed by atoms with Crippen LogP contribution in [0.1, 0.15) is 19.4 Å². The third kappa shape index (κ3) is 3.25. The summed E-state index contributed by atoms with van der Waals surface area (Å²) < 4.78 is 5.97. The second kappa shape index (κ2) is 5.35. The van der Waals surface area contributed by atoms with Crippen molar-refractivity contribution < 1.29 is 4.74 Å². The van der Waals surface area contributed by atoms with E-state index < -0.39 is 0 Å². The number of thioether (sulfide) groups is 1. The molecule has 3 nitrogen and oxygen atoms in total. The van der Waals surface area contributed by atoms with E-state index in [9.17, 15) is 0 Å². The van der Waals surface area contributed by atoms with Crippen molar-refractivity contribution in [1.29, 1.82) is 0 Å². The first-order chi connectivity index (χ1) is 9.12. The first-order valence-corrected chi connectivity index (χ1v) is 7.88. The molecule has 0 aliphatic carbocycles. The highest BCUT2D eigenvalue weighted by atomic mass is 32.2. The molecule has 1 aromatic rings. The maximum atomic E-state index is 5.97. The smallest absolute Gasteiger partial charge is 0.153 e. The lowest BCUT2D eigenvalue weighted by atomic mass is 10.1. The third-order valence-electron chi connectivity index (χ3n) is 3.65. The zero-order valence-corrected chi connectivity index (χ0v) is 12.6. The van der Waals surface area contributed by atoms with Crippen LogP contribution in [0.3, 0.4) is 0 Å². The zero-order valence-electron chi connectivity index (χ0n) is 11.7. The number of piperazine rings is 1. The molecular weight excluding hydrogens is 256 g/mol. The van der Waals surface area contributed by atoms with Gasteiger partial charge in [0.25, 0.3) is 0 Å². The van der Waals surface area contributed by atoms with Crippen LogP contribution in [0.25, 0.3) is 0 Å². The Bertz CT molecular complexity index is 455. The van der Waals surface area contributed by atoms with Gasteiger partial charge in [-0.1, -0.05) is 17.8 Å². The Balaban J connectivity index is 1.60. The molecule has 0 amide bonds. The van der Waals surface area contributed by atoms with Gasteiger partial charge in [0, 0.05) is 32.7 Å². The van der Waals surface area contributed by atoms with Crippen LogP contribution >= 0.6 is 11.8 Å². The summed E-state index contributed by atoms with van der Waals surface area (Å²) in [6, 6.07) is 6.68. The van der Waals surface area contributed by atoms with E-state index in [0.717, 1.165) is 31.8 Å². The van der Waals surface area contributed by atoms with E-state index >= 15 is 0 Å². The Labute approximate surface area is 119 Å². The van der Waals surface area contributed by atoms with E-state index in [1.807, 2.05) is 11.8 Å². The van der Waals surface area contributed by atoms with Crippen molar-refractivity contribution in [3.05, 3.63) is 23.8 Å². The van der Waals surface area contributed by atoms with E-state index in [1.54, 1.807) is 0 Å². The summed E-state index contributed by atoms with van der Waals surface area (Å²) in [6.07, 6.45) is 1.11. The topological polar surface area (TPSA) is 24.5 Å². The van der Waals surface area contributed by atoms with Crippen molar-refractivity contribution in [2.24, 2.45) is 0 Å². The van der Waals surface area contributed by atoms with Crippen LogP contribution < -0.4 is 10.1 Å². The molecule has 4 heteroatoms. The number of nitrogens with one attached hydrogen (secondary N) is 1. The Hall–Kier alpha value is -0.710. The third-order valence-corrected chi connectivity index (χ3v) is 4.78. The SMILES string of the molecule is CC1(C)Oc2cc(CCN3CCNCC3)ccc2S1. The molecule has 3 rings (SSSR count). The molecule has 2 aliphatic rings. The molecule has 0 unspecified atom stereocenters. The molecule has 19 heavy (non-hydrogen) atoms. The van der Waals surface area contributed by atoms with Crippen molar-refractivity contribution in [3.8, 4) is 5.75 Å². The van der Waals surface area contributed by atoms with Gasteiger partial charge in [0.15, 0.2) is 4.93 Å². The average Bonchev–Trinajstić information content (AvgIpc) is 2.70. The minimum Gasteiger partial charge on any atom is -0.476 e. The highest BCUT2D eigenvalue weighted by molar-refractivity contribution is 8.00. The lowest BCUT2D eigenvalue weighted by Gasteiger charge is -2.27. The molecule has 1 fully saturated rings. The first-order valence-electron chi connectivity index (χ1n) is 7.06. The van der Waals surface area contributed by atoms with E-state index in [0.29, 0.717) is 0 Å². The molecule has 0 atom stereocenters. The predicted molar refractivity (Wildman–Crippen MR) is 80.0 cm³/mol. The lowest BCUT2D eigenvalue weighted by molar-refractivity contribution is 0.214. The largest absolute Gasteiger partial charge is 0.476 e. The summed E-state index contributed by atoms with van der Waals surface area (Å²) in [5.74, 6) is 1.06. The van der Waals surface area contributed by atoms with Crippen LogP contribution in [0.4, 0.5) is 0 Å². The zero-order chi connectivity index (χ0) is 13.3. The Kier molecular flexibility index (Phi) is 3.74. The molecule has 2 heterocycles. The number of benzene rings is 1. The fraction of sp³-hybridized carbons (Fsp3) is 0.600. The summed E-state index contributed by atoms with van der Waals surface area (Å²) in [4.78, 5) is 3.69. The van der Waals surface area contributed by atoms with E-state index in [-0.39, 0.29) is 4.93 Å². The van der Waals surface area contributed by atoms with Crippen molar-refractivity contribution >= 4 is 11.8 Å². The minimum absolute atomic E-state index is 0.112. The summed E-state index contributed by atoms with van der Waals surface area (Å²) >= 11 is 1.81. The summed E-state index contributed by atoms with van der Waals surface area (Å²) in [5.41, 5.74) is 1.38. The average molecular weight is 278 g/mol. The molecule has 0 aromatic heterocycles. The van der Waals surface area contributed by atoms with Gasteiger partial charge >= 0.3 is 0 Å². The summed E-state index contributed by atoms with van der Waals surface area (Å²) in [5, 5.41) is 3.39. The maximum Gasteiger partial charge on any atom is 0.153 e. The van der Waals surface area contributed by atoms with Crippen molar-refractivity contribution in [3.63, 3.8) is 0 Å². The van der Waals surface area contributed by atoms with Crippen LogP contribution in [-0.4, -0.2) is 42.6 Å². The fourth-order valence-electron chi connectivity index (χ4n) is 2.64. The van der Waals surface area contributed by atoms with Crippen LogP contribution in [0.15, 0.2) is 23.1 Å². The monoisotopic (exact) mass is 278 g/mol. The van der Waals surface area contributed by atoms with Gasteiger partial charge in [-0.2, -0.15) is 0 Å². The Morgan fingerprint density at radius 1 is 1.32 bits per heavy atom. The van der Waals surface area contributed by atoms with Crippen molar-refractivity contribution in [2.45, 2.75) is 30.1 Å². The first kappa shape index (κ1) is 13.3. The van der Waals surface area contributed by atoms with Crippen molar-refractivity contribution in [2.75, 3.05) is 32.7 Å². The van der Waals surface area contributed by atoms with Gasteiger partial charge in [-0.25, -0.2) is 0 Å². The van der Waals surface area contributed by atoms with Crippen LogP contribution in [-0.2, 0) is 6.42 Å². The van der Waals surface area contributed by atoms with Crippen LogP contribution in [0, 0.1) is 0 Å². The molecule has 0 radical (unpaired) electrons. The number of ether oxygens (including phenoxy) is 1. The van der Waals surface area contributed by atoms with Crippen LogP contribution in [0.2, 0.25) is 0 Å². The Morgan fingerprint density at radius 3 is 2.89 bits per heavy atom. The molecule has 0 saturated carbocycles. The van der Waals surface area contributed by atoms with Gasteiger partial charge in [0.2, 0.25) is 0 Å². The van der Waals surface area contributed by atoms with E-state index in [4.69, 9.17) is 4.74 Å². The number of nitrogens with zero attached hydrogens (tertiary/aromatic N) is 1. The molecule has 1 saturated heterocycles. The highest BCUT2D eigenvalue weighted by Crippen LogP contribution is 2.47. The van der Waals surface area contributed by atoms with Crippen molar-refractivity contribution in [1.82, 2.24) is 10.2 Å². The fourth-order valence-corrected chi connectivity index (χ4v) is 3.64. The molecule has 0 bridgehead atoms. The number of hydrogen-bond acceptors (Lipinski definition) is 4. The highest BCUT2D eigenvalue weighted by Gasteiger charge is 2.30. The standard InChI is InChI=1S/C15H22N2OS/c1-15(2)18-13-11-12(3-4-14(13)19-15)5-8-17-9-6-16-7-10-17/h3-4,11,16H,5-10H2,1-2H3. The van der Waals surface area contributed by atoms with Crippen LogP contribution in [0.5, 0.6) is 5.75 Å². The van der Waals surface area contributed by atoms with Gasteiger partial charge in [-0.15, -0.1) is 0 Å². The second-order valence-corrected chi connectivity index (χ2v) is 7.35. The Morgan fingerprint density at radius 2 is 2.11 bits per heavy atom. The minimum atomic E-state index is -0.112. The van der Waals surface area contributed by atoms with Gasteiger partial charge in [-0.05, 0) is 38.0 Å². The predicted octanol–water partition coefficient (Wildman–Crippen LogP) is 2.35. The molecular formula is C15H22N2OS. The van der Waals surface area contributed by atoms with E-state index in [2.05, 4.69) is 42.3 Å². The molecule has 104 valence electrons. The van der Waals surface area contributed by atoms with Gasteiger partial charge in [0.05, 0.1) is 4.90 Å². The summed E-state index contributed by atoms with van der Waals surface area (Å²) in [7, 11) is 0. The number of hydrogen-bond donors (Lipinski definition) is 1. The molecule has 2 aliphatic heterocycles. The molecule has 1 N–H and O–H groups in total. The summed E-state index contributed by atoms with van der Waals surface area (Å²) in [6.45, 7) is 9.98. The van der Waals surface area contributed by atoms with Gasteiger partial charge in [0.1, 0.15) is 5.75 Å². The molecule has 1 aromatic carbocycles. The second-order valence-electron chi connectivity index (χ2n) is 5.73. The quantitative estimate of drug-likeness (QED) is 0.917. The van der Waals surface area contributed by atoms with Gasteiger partial charge in [-0.3, -0.25) is 0 Å². The number of fused-ring (bicyclic) bond motifs is 1. The lowest BCUT2D eigenvalue weighted by Crippen LogP contribution is -2.44.